The van der Waals surface area contributed by atoms with Crippen LogP contribution in [0.5, 0.6) is 11.5 Å². The number of imidazole rings is 1. The number of para-hydroxylation sites is 1. The Morgan fingerprint density at radius 1 is 1.09 bits per heavy atom. The van der Waals surface area contributed by atoms with Gasteiger partial charge in [0, 0.05) is 18.1 Å². The van der Waals surface area contributed by atoms with Crippen molar-refractivity contribution in [1.29, 1.82) is 0 Å². The molecule has 1 aromatic heterocycles. The molecule has 0 bridgehead atoms. The Hall–Kier alpha value is -2.79. The third-order valence-corrected chi connectivity index (χ3v) is 3.41. The Kier molecular flexibility index (Phi) is 4.59. The van der Waals surface area contributed by atoms with Crippen LogP contribution < -0.4 is 10.1 Å². The second-order valence-corrected chi connectivity index (χ2v) is 5.15. The fourth-order valence-electron chi connectivity index (χ4n) is 2.02. The normalized spacial score (nSPS) is 10.3. The topological polar surface area (TPSA) is 56.2 Å². The first-order chi connectivity index (χ1) is 11.2. The summed E-state index contributed by atoms with van der Waals surface area (Å²) in [5, 5.41) is 3.08. The molecule has 1 amide bonds. The molecule has 0 aliphatic carbocycles. The maximum Gasteiger partial charge on any atom is 0.244 e. The second-order valence-electron chi connectivity index (χ2n) is 4.81. The lowest BCUT2D eigenvalue weighted by Crippen LogP contribution is -2.18. The highest BCUT2D eigenvalue weighted by Crippen LogP contribution is 2.22. The van der Waals surface area contributed by atoms with Gasteiger partial charge in [0.05, 0.1) is 0 Å². The number of carbonyl (C=O) groups excluding carboxylic acids is 1. The SMILES string of the molecule is O=C(Cn1ccnc1Cl)Nc1ccc(Oc2ccccc2)cc1. The van der Waals surface area contributed by atoms with Crippen LogP contribution in [-0.4, -0.2) is 15.5 Å². The van der Waals surface area contributed by atoms with E-state index >= 15 is 0 Å². The second kappa shape index (κ2) is 6.98. The molecule has 23 heavy (non-hydrogen) atoms. The van der Waals surface area contributed by atoms with E-state index in [2.05, 4.69) is 10.3 Å². The minimum atomic E-state index is -0.179. The van der Waals surface area contributed by atoms with Crippen molar-refractivity contribution in [3.05, 3.63) is 72.3 Å². The number of amides is 1. The van der Waals surface area contributed by atoms with Crippen LogP contribution in [0.2, 0.25) is 5.28 Å². The molecule has 0 aliphatic rings. The molecular formula is C17H14ClN3O2. The molecule has 0 unspecified atom stereocenters. The lowest BCUT2D eigenvalue weighted by Gasteiger charge is -2.08. The summed E-state index contributed by atoms with van der Waals surface area (Å²) < 4.78 is 7.26. The van der Waals surface area contributed by atoms with Crippen molar-refractivity contribution < 1.29 is 9.53 Å². The average Bonchev–Trinajstić information content (AvgIpc) is 2.95. The molecule has 2 aromatic carbocycles. The van der Waals surface area contributed by atoms with E-state index < -0.39 is 0 Å². The molecule has 0 aliphatic heterocycles. The minimum Gasteiger partial charge on any atom is -0.457 e. The van der Waals surface area contributed by atoms with Gasteiger partial charge in [-0.2, -0.15) is 0 Å². The van der Waals surface area contributed by atoms with Gasteiger partial charge < -0.3 is 14.6 Å². The molecule has 0 saturated heterocycles. The van der Waals surface area contributed by atoms with Crippen LogP contribution in [0.4, 0.5) is 5.69 Å². The van der Waals surface area contributed by atoms with Crippen molar-refractivity contribution in [2.75, 3.05) is 5.32 Å². The number of rotatable bonds is 5. The van der Waals surface area contributed by atoms with Gasteiger partial charge in [0.2, 0.25) is 11.2 Å². The largest absolute Gasteiger partial charge is 0.457 e. The summed E-state index contributed by atoms with van der Waals surface area (Å²) in [7, 11) is 0. The zero-order valence-corrected chi connectivity index (χ0v) is 12.9. The molecule has 1 N–H and O–H groups in total. The molecule has 0 atom stereocenters. The Balaban J connectivity index is 1.59. The molecule has 6 heteroatoms. The maximum absolute atomic E-state index is 12.0. The first kappa shape index (κ1) is 15.1. The van der Waals surface area contributed by atoms with E-state index in [9.17, 15) is 4.79 Å². The predicted molar refractivity (Wildman–Crippen MR) is 88.8 cm³/mol. The Bertz CT molecular complexity index is 785. The summed E-state index contributed by atoms with van der Waals surface area (Å²) in [6, 6.07) is 16.7. The fourth-order valence-corrected chi connectivity index (χ4v) is 2.19. The number of ether oxygens (including phenoxy) is 1. The van der Waals surface area contributed by atoms with Crippen molar-refractivity contribution in [2.45, 2.75) is 6.54 Å². The predicted octanol–water partition coefficient (Wildman–Crippen LogP) is 3.97. The van der Waals surface area contributed by atoms with E-state index in [4.69, 9.17) is 16.3 Å². The van der Waals surface area contributed by atoms with E-state index in [1.54, 1.807) is 41.2 Å². The zero-order valence-electron chi connectivity index (χ0n) is 12.1. The molecule has 116 valence electrons. The number of anilines is 1. The van der Waals surface area contributed by atoms with Gasteiger partial charge in [-0.3, -0.25) is 4.79 Å². The van der Waals surface area contributed by atoms with Crippen LogP contribution in [0.3, 0.4) is 0 Å². The number of nitrogens with zero attached hydrogens (tertiary/aromatic N) is 2. The number of nitrogens with one attached hydrogen (secondary N) is 1. The number of halogens is 1. The van der Waals surface area contributed by atoms with Crippen molar-refractivity contribution in [3.8, 4) is 11.5 Å². The van der Waals surface area contributed by atoms with Crippen LogP contribution in [0.15, 0.2) is 67.0 Å². The van der Waals surface area contributed by atoms with E-state index in [-0.39, 0.29) is 17.7 Å². The monoisotopic (exact) mass is 327 g/mol. The molecule has 3 aromatic rings. The molecule has 0 fully saturated rings. The molecule has 3 rings (SSSR count). The van der Waals surface area contributed by atoms with Gasteiger partial charge in [0.15, 0.2) is 0 Å². The maximum atomic E-state index is 12.0. The third kappa shape index (κ3) is 4.11. The molecule has 0 spiro atoms. The molecule has 0 radical (unpaired) electrons. The van der Waals surface area contributed by atoms with Crippen LogP contribution in [0.25, 0.3) is 0 Å². The number of aromatic nitrogens is 2. The third-order valence-electron chi connectivity index (χ3n) is 3.10. The van der Waals surface area contributed by atoms with E-state index in [1.807, 2.05) is 30.3 Å². The summed E-state index contributed by atoms with van der Waals surface area (Å²) in [6.07, 6.45) is 3.20. The van der Waals surface area contributed by atoms with Crippen molar-refractivity contribution in [1.82, 2.24) is 9.55 Å². The van der Waals surface area contributed by atoms with Crippen molar-refractivity contribution in [2.24, 2.45) is 0 Å². The van der Waals surface area contributed by atoms with E-state index in [0.29, 0.717) is 11.4 Å². The lowest BCUT2D eigenvalue weighted by molar-refractivity contribution is -0.116. The Morgan fingerprint density at radius 2 is 1.78 bits per heavy atom. The van der Waals surface area contributed by atoms with Crippen LogP contribution >= 0.6 is 11.6 Å². The zero-order chi connectivity index (χ0) is 16.1. The number of hydrogen-bond donors (Lipinski definition) is 1. The van der Waals surface area contributed by atoms with Gasteiger partial charge >= 0.3 is 0 Å². The summed E-state index contributed by atoms with van der Waals surface area (Å²) in [5.41, 5.74) is 0.687. The lowest BCUT2D eigenvalue weighted by atomic mass is 10.3. The Labute approximate surface area is 138 Å². The quantitative estimate of drug-likeness (QED) is 0.771. The number of carbonyl (C=O) groups is 1. The first-order valence-electron chi connectivity index (χ1n) is 7.00. The number of benzene rings is 2. The molecule has 1 heterocycles. The summed E-state index contributed by atoms with van der Waals surface area (Å²) >= 11 is 5.84. The summed E-state index contributed by atoms with van der Waals surface area (Å²) in [5.74, 6) is 1.28. The smallest absolute Gasteiger partial charge is 0.244 e. The highest BCUT2D eigenvalue weighted by molar-refractivity contribution is 6.28. The standard InChI is InChI=1S/C17H14ClN3O2/c18-17-19-10-11-21(17)12-16(22)20-13-6-8-15(9-7-13)23-14-4-2-1-3-5-14/h1-11H,12H2,(H,20,22). The minimum absolute atomic E-state index is 0.112. The van der Waals surface area contributed by atoms with Crippen LogP contribution in [-0.2, 0) is 11.3 Å². The number of hydrogen-bond acceptors (Lipinski definition) is 3. The van der Waals surface area contributed by atoms with Gasteiger partial charge in [0.1, 0.15) is 18.0 Å². The Morgan fingerprint density at radius 3 is 2.43 bits per heavy atom. The van der Waals surface area contributed by atoms with Crippen LogP contribution in [0, 0.1) is 0 Å². The van der Waals surface area contributed by atoms with Crippen molar-refractivity contribution >= 4 is 23.2 Å². The molecular weight excluding hydrogens is 314 g/mol. The van der Waals surface area contributed by atoms with E-state index in [1.165, 1.54) is 0 Å². The highest BCUT2D eigenvalue weighted by Gasteiger charge is 2.06. The van der Waals surface area contributed by atoms with Gasteiger partial charge in [-0.1, -0.05) is 18.2 Å². The van der Waals surface area contributed by atoms with Gasteiger partial charge in [0.25, 0.3) is 0 Å². The van der Waals surface area contributed by atoms with Gasteiger partial charge in [-0.15, -0.1) is 0 Å². The summed E-state index contributed by atoms with van der Waals surface area (Å²) in [4.78, 5) is 15.8. The van der Waals surface area contributed by atoms with Crippen LogP contribution in [0.1, 0.15) is 0 Å². The van der Waals surface area contributed by atoms with E-state index in [0.717, 1.165) is 5.75 Å². The highest BCUT2D eigenvalue weighted by atomic mass is 35.5. The molecule has 5 nitrogen and oxygen atoms in total. The average molecular weight is 328 g/mol. The molecule has 0 saturated carbocycles. The van der Waals surface area contributed by atoms with Gasteiger partial charge in [-0.25, -0.2) is 4.98 Å². The first-order valence-corrected chi connectivity index (χ1v) is 7.38. The van der Waals surface area contributed by atoms with Gasteiger partial charge in [-0.05, 0) is 48.0 Å². The summed E-state index contributed by atoms with van der Waals surface area (Å²) in [6.45, 7) is 0.112. The van der Waals surface area contributed by atoms with Crippen molar-refractivity contribution in [3.63, 3.8) is 0 Å². The fraction of sp³-hybridized carbons (Fsp3) is 0.0588.